The molecule has 0 fully saturated rings. The van der Waals surface area contributed by atoms with Crippen LogP contribution in [0.15, 0.2) is 48.5 Å². The summed E-state index contributed by atoms with van der Waals surface area (Å²) in [5, 5.41) is 13.4. The normalized spacial score (nSPS) is 13.6. The first-order valence-corrected chi connectivity index (χ1v) is 8.62. The summed E-state index contributed by atoms with van der Waals surface area (Å²) in [4.78, 5) is 11.4. The van der Waals surface area contributed by atoms with Crippen molar-refractivity contribution in [1.82, 2.24) is 5.32 Å². The van der Waals surface area contributed by atoms with Gasteiger partial charge in [-0.3, -0.25) is 0 Å². The van der Waals surface area contributed by atoms with Crippen molar-refractivity contribution < 1.29 is 32.5 Å². The number of benzene rings is 2. The molecule has 0 amide bonds. The van der Waals surface area contributed by atoms with Crippen molar-refractivity contribution in [2.24, 2.45) is 0 Å². The predicted octanol–water partition coefficient (Wildman–Crippen LogP) is 3.63. The van der Waals surface area contributed by atoms with Crippen LogP contribution in [0.25, 0.3) is 0 Å². The lowest BCUT2D eigenvalue weighted by Gasteiger charge is -2.18. The lowest BCUT2D eigenvalue weighted by molar-refractivity contribution is -0.274. The van der Waals surface area contributed by atoms with Crippen LogP contribution in [-0.2, 0) is 11.2 Å². The summed E-state index contributed by atoms with van der Waals surface area (Å²) in [6, 6.07) is 12.3. The Kier molecular flexibility index (Phi) is 7.42. The number of rotatable bonds is 8. The van der Waals surface area contributed by atoms with E-state index in [0.717, 1.165) is 11.6 Å². The minimum absolute atomic E-state index is 0.00626. The molecule has 152 valence electrons. The fourth-order valence-corrected chi connectivity index (χ4v) is 2.67. The van der Waals surface area contributed by atoms with E-state index >= 15 is 0 Å². The molecule has 28 heavy (non-hydrogen) atoms. The summed E-state index contributed by atoms with van der Waals surface area (Å²) >= 11 is 0. The van der Waals surface area contributed by atoms with E-state index in [2.05, 4.69) is 14.8 Å². The second-order valence-corrected chi connectivity index (χ2v) is 6.34. The number of ether oxygens (including phenoxy) is 2. The van der Waals surface area contributed by atoms with Gasteiger partial charge in [-0.25, -0.2) is 4.79 Å². The van der Waals surface area contributed by atoms with E-state index < -0.39 is 18.4 Å². The smallest absolute Gasteiger partial charge is 0.465 e. The highest BCUT2D eigenvalue weighted by molar-refractivity contribution is 5.89. The molecular weight excluding hydrogens is 375 g/mol. The Morgan fingerprint density at radius 3 is 2.46 bits per heavy atom. The first-order chi connectivity index (χ1) is 13.2. The highest BCUT2D eigenvalue weighted by Crippen LogP contribution is 2.25. The maximum absolute atomic E-state index is 12.3. The number of methoxy groups -OCH3 is 1. The van der Waals surface area contributed by atoms with Crippen molar-refractivity contribution in [2.75, 3.05) is 13.7 Å². The summed E-state index contributed by atoms with van der Waals surface area (Å²) < 4.78 is 45.4. The van der Waals surface area contributed by atoms with Crippen molar-refractivity contribution in [3.05, 3.63) is 65.2 Å². The van der Waals surface area contributed by atoms with Gasteiger partial charge in [-0.05, 0) is 48.7 Å². The fraction of sp³-hybridized carbons (Fsp3) is 0.350. The average molecular weight is 397 g/mol. The molecule has 2 aromatic carbocycles. The molecule has 0 aliphatic carbocycles. The van der Waals surface area contributed by atoms with E-state index in [1.807, 2.05) is 19.1 Å². The Morgan fingerprint density at radius 1 is 1.18 bits per heavy atom. The summed E-state index contributed by atoms with van der Waals surface area (Å²) in [5.74, 6) is -0.777. The molecule has 2 N–H and O–H groups in total. The van der Waals surface area contributed by atoms with Gasteiger partial charge in [0.2, 0.25) is 0 Å². The van der Waals surface area contributed by atoms with Gasteiger partial charge in [0.25, 0.3) is 0 Å². The predicted molar refractivity (Wildman–Crippen MR) is 97.0 cm³/mol. The summed E-state index contributed by atoms with van der Waals surface area (Å²) in [6.07, 6.45) is -5.12. The molecule has 2 aromatic rings. The van der Waals surface area contributed by atoms with Gasteiger partial charge < -0.3 is 19.9 Å². The second-order valence-electron chi connectivity index (χ2n) is 6.34. The van der Waals surface area contributed by atoms with E-state index in [0.29, 0.717) is 17.5 Å². The number of aliphatic hydroxyl groups is 1. The number of hydrogen-bond donors (Lipinski definition) is 2. The van der Waals surface area contributed by atoms with E-state index in [4.69, 9.17) is 0 Å². The molecule has 0 aliphatic heterocycles. The minimum atomic E-state index is -4.78. The molecule has 0 saturated carbocycles. The Balaban J connectivity index is 1.87. The summed E-state index contributed by atoms with van der Waals surface area (Å²) in [5.41, 5.74) is 1.77. The van der Waals surface area contributed by atoms with Gasteiger partial charge in [0, 0.05) is 12.6 Å². The van der Waals surface area contributed by atoms with Gasteiger partial charge in [0.05, 0.1) is 18.8 Å². The molecular formula is C20H22F3NO4. The van der Waals surface area contributed by atoms with Crippen molar-refractivity contribution in [3.8, 4) is 5.75 Å². The van der Waals surface area contributed by atoms with Crippen LogP contribution in [0, 0.1) is 0 Å². The van der Waals surface area contributed by atoms with E-state index in [9.17, 15) is 23.1 Å². The Labute approximate surface area is 161 Å². The largest absolute Gasteiger partial charge is 0.573 e. The Hall–Kier alpha value is -2.58. The van der Waals surface area contributed by atoms with Crippen LogP contribution < -0.4 is 10.1 Å². The molecule has 0 aliphatic rings. The number of aliphatic hydroxyl groups excluding tert-OH is 1. The van der Waals surface area contributed by atoms with Crippen LogP contribution in [0.4, 0.5) is 13.2 Å². The van der Waals surface area contributed by atoms with Crippen molar-refractivity contribution in [2.45, 2.75) is 31.9 Å². The number of halogens is 3. The molecule has 0 heterocycles. The van der Waals surface area contributed by atoms with Crippen LogP contribution in [0.3, 0.4) is 0 Å². The van der Waals surface area contributed by atoms with Crippen LogP contribution in [0.5, 0.6) is 5.75 Å². The molecule has 0 spiro atoms. The van der Waals surface area contributed by atoms with Crippen LogP contribution in [0.2, 0.25) is 0 Å². The standard InChI is InChI=1S/C20H22F3NO4/c1-13(10-14-6-8-15(9-7-14)19(26)27-2)24-12-18(25)16-4-3-5-17(11-16)28-20(21,22)23/h3-9,11,13,18,24-25H,10,12H2,1-2H3. The first kappa shape index (κ1) is 21.7. The fourth-order valence-electron chi connectivity index (χ4n) is 2.67. The Bertz CT molecular complexity index is 778. The molecule has 0 aromatic heterocycles. The van der Waals surface area contributed by atoms with Crippen LogP contribution >= 0.6 is 0 Å². The number of carbonyl (C=O) groups excluding carboxylic acids is 1. The van der Waals surface area contributed by atoms with Gasteiger partial charge in [0.1, 0.15) is 5.75 Å². The first-order valence-electron chi connectivity index (χ1n) is 8.62. The molecule has 2 rings (SSSR count). The molecule has 5 nitrogen and oxygen atoms in total. The minimum Gasteiger partial charge on any atom is -0.465 e. The van der Waals surface area contributed by atoms with Gasteiger partial charge in [0.15, 0.2) is 0 Å². The summed E-state index contributed by atoms with van der Waals surface area (Å²) in [7, 11) is 1.32. The number of alkyl halides is 3. The third kappa shape index (κ3) is 6.86. The topological polar surface area (TPSA) is 67.8 Å². The number of esters is 1. The second kappa shape index (κ2) is 9.57. The third-order valence-corrected chi connectivity index (χ3v) is 4.05. The zero-order valence-electron chi connectivity index (χ0n) is 15.5. The highest BCUT2D eigenvalue weighted by Gasteiger charge is 2.31. The Morgan fingerprint density at radius 2 is 1.86 bits per heavy atom. The van der Waals surface area contributed by atoms with E-state index in [-0.39, 0.29) is 18.3 Å². The molecule has 0 bridgehead atoms. The van der Waals surface area contributed by atoms with Gasteiger partial charge >= 0.3 is 12.3 Å². The lowest BCUT2D eigenvalue weighted by atomic mass is 10.0. The van der Waals surface area contributed by atoms with E-state index in [1.54, 1.807) is 12.1 Å². The van der Waals surface area contributed by atoms with Crippen molar-refractivity contribution >= 4 is 5.97 Å². The van der Waals surface area contributed by atoms with Gasteiger partial charge in [-0.15, -0.1) is 13.2 Å². The quantitative estimate of drug-likeness (QED) is 0.666. The molecule has 0 radical (unpaired) electrons. The lowest BCUT2D eigenvalue weighted by Crippen LogP contribution is -2.32. The molecule has 2 atom stereocenters. The summed E-state index contributed by atoms with van der Waals surface area (Å²) in [6.45, 7) is 2.08. The molecule has 8 heteroatoms. The maximum atomic E-state index is 12.3. The zero-order valence-corrected chi connectivity index (χ0v) is 15.5. The SMILES string of the molecule is COC(=O)c1ccc(CC(C)NCC(O)c2cccc(OC(F)(F)F)c2)cc1. The van der Waals surface area contributed by atoms with Crippen LogP contribution in [0.1, 0.15) is 34.5 Å². The van der Waals surface area contributed by atoms with E-state index in [1.165, 1.54) is 25.3 Å². The number of carbonyl (C=O) groups is 1. The average Bonchev–Trinajstić information content (AvgIpc) is 2.65. The number of nitrogens with one attached hydrogen (secondary N) is 1. The van der Waals surface area contributed by atoms with Gasteiger partial charge in [-0.2, -0.15) is 0 Å². The molecule has 0 saturated heterocycles. The maximum Gasteiger partial charge on any atom is 0.573 e. The van der Waals surface area contributed by atoms with Crippen LogP contribution in [-0.4, -0.2) is 37.1 Å². The monoisotopic (exact) mass is 397 g/mol. The van der Waals surface area contributed by atoms with Crippen molar-refractivity contribution in [1.29, 1.82) is 0 Å². The zero-order chi connectivity index (χ0) is 20.7. The van der Waals surface area contributed by atoms with Gasteiger partial charge in [-0.1, -0.05) is 24.3 Å². The van der Waals surface area contributed by atoms with Crippen molar-refractivity contribution in [3.63, 3.8) is 0 Å². The third-order valence-electron chi connectivity index (χ3n) is 4.05. The highest BCUT2D eigenvalue weighted by atomic mass is 19.4. The molecule has 2 unspecified atom stereocenters. The number of hydrogen-bond acceptors (Lipinski definition) is 5.